The average Bonchev–Trinajstić information content (AvgIpc) is 3.05. The summed E-state index contributed by atoms with van der Waals surface area (Å²) in [7, 11) is -3.88. The molecule has 0 radical (unpaired) electrons. The molecule has 146 valence electrons. The predicted octanol–water partition coefficient (Wildman–Crippen LogP) is 3.05. The van der Waals surface area contributed by atoms with Crippen LogP contribution in [-0.2, 0) is 21.9 Å². The van der Waals surface area contributed by atoms with Gasteiger partial charge < -0.3 is 9.26 Å². The fourth-order valence-electron chi connectivity index (χ4n) is 3.72. The highest BCUT2D eigenvalue weighted by molar-refractivity contribution is 7.92. The molecule has 2 aliphatic rings. The molecule has 8 nitrogen and oxygen atoms in total. The number of nitrogens with one attached hydrogen (secondary N) is 2. The Kier molecular flexibility index (Phi) is 3.54. The number of hydrogen-bond acceptors (Lipinski definition) is 6. The number of aromatic amines is 1. The number of sulfonamides is 1. The van der Waals surface area contributed by atoms with Crippen molar-refractivity contribution in [2.75, 3.05) is 4.72 Å². The van der Waals surface area contributed by atoms with E-state index in [0.29, 0.717) is 23.3 Å². The van der Waals surface area contributed by atoms with Crippen LogP contribution in [0.25, 0.3) is 11.3 Å². The molecule has 11 heteroatoms. The van der Waals surface area contributed by atoms with E-state index >= 15 is 0 Å². The van der Waals surface area contributed by atoms with Crippen molar-refractivity contribution in [2.24, 2.45) is 0 Å². The first-order valence-corrected chi connectivity index (χ1v) is 9.96. The van der Waals surface area contributed by atoms with Crippen LogP contribution in [0, 0.1) is 0 Å². The minimum absolute atomic E-state index is 0.00864. The summed E-state index contributed by atoms with van der Waals surface area (Å²) in [5, 5.41) is 9.98. The molecule has 28 heavy (non-hydrogen) atoms. The summed E-state index contributed by atoms with van der Waals surface area (Å²) in [5.41, 5.74) is 2.01. The molecule has 1 spiro atoms. The number of rotatable bonds is 5. The van der Waals surface area contributed by atoms with Crippen molar-refractivity contribution in [1.82, 2.24) is 15.4 Å². The van der Waals surface area contributed by atoms with Crippen LogP contribution in [0.3, 0.4) is 0 Å². The Bertz CT molecular complexity index is 1150. The van der Waals surface area contributed by atoms with Crippen LogP contribution < -0.4 is 9.46 Å². The smallest absolute Gasteiger partial charge is 0.387 e. The molecule has 0 amide bonds. The molecule has 2 heterocycles. The molecule has 0 unspecified atom stereocenters. The SMILES string of the molecule is O=S(=O)(Nc1noc2c1CC1(CC1)c1ccc(OC(F)F)cc1-2)c1cn[nH]c1. The van der Waals surface area contributed by atoms with Gasteiger partial charge in [-0.2, -0.15) is 13.9 Å². The lowest BCUT2D eigenvalue weighted by Crippen LogP contribution is -2.20. The van der Waals surface area contributed by atoms with Gasteiger partial charge in [-0.1, -0.05) is 11.2 Å². The largest absolute Gasteiger partial charge is 0.435 e. The molecular formula is C17H14F2N4O4S. The fourth-order valence-corrected chi connectivity index (χ4v) is 4.65. The topological polar surface area (TPSA) is 110 Å². The molecular weight excluding hydrogens is 394 g/mol. The monoisotopic (exact) mass is 408 g/mol. The Morgan fingerprint density at radius 3 is 2.82 bits per heavy atom. The predicted molar refractivity (Wildman–Crippen MR) is 92.6 cm³/mol. The van der Waals surface area contributed by atoms with Gasteiger partial charge in [-0.25, -0.2) is 8.42 Å². The van der Waals surface area contributed by atoms with Crippen LogP contribution in [0.4, 0.5) is 14.6 Å². The number of anilines is 1. The molecule has 3 aromatic rings. The number of halogens is 2. The maximum Gasteiger partial charge on any atom is 0.387 e. The van der Waals surface area contributed by atoms with Gasteiger partial charge in [0.15, 0.2) is 11.6 Å². The average molecular weight is 408 g/mol. The van der Waals surface area contributed by atoms with Crippen molar-refractivity contribution in [3.63, 3.8) is 0 Å². The lowest BCUT2D eigenvalue weighted by Gasteiger charge is -2.25. The summed E-state index contributed by atoms with van der Waals surface area (Å²) < 4.78 is 62.5. The second kappa shape index (κ2) is 5.77. The molecule has 5 rings (SSSR count). The van der Waals surface area contributed by atoms with Crippen molar-refractivity contribution in [3.05, 3.63) is 41.7 Å². The number of alkyl halides is 2. The van der Waals surface area contributed by atoms with Gasteiger partial charge in [0.1, 0.15) is 10.6 Å². The zero-order valence-electron chi connectivity index (χ0n) is 14.3. The number of aromatic nitrogens is 3. The molecule has 0 atom stereocenters. The van der Waals surface area contributed by atoms with E-state index in [1.165, 1.54) is 24.5 Å². The van der Waals surface area contributed by atoms with Gasteiger partial charge in [-0.15, -0.1) is 0 Å². The summed E-state index contributed by atoms with van der Waals surface area (Å²) >= 11 is 0. The van der Waals surface area contributed by atoms with Gasteiger partial charge >= 0.3 is 6.61 Å². The molecule has 2 N–H and O–H groups in total. The van der Waals surface area contributed by atoms with Crippen LogP contribution in [-0.4, -0.2) is 30.4 Å². The normalized spacial score (nSPS) is 16.7. The van der Waals surface area contributed by atoms with Gasteiger partial charge in [0, 0.05) is 22.7 Å². The quantitative estimate of drug-likeness (QED) is 0.671. The number of benzene rings is 1. The minimum atomic E-state index is -3.88. The molecule has 0 aliphatic heterocycles. The molecule has 0 bridgehead atoms. The van der Waals surface area contributed by atoms with E-state index in [1.807, 2.05) is 0 Å². The van der Waals surface area contributed by atoms with Crippen molar-refractivity contribution < 1.29 is 26.5 Å². The third kappa shape index (κ3) is 2.65. The Morgan fingerprint density at radius 2 is 2.14 bits per heavy atom. The van der Waals surface area contributed by atoms with Crippen molar-refractivity contribution >= 4 is 15.8 Å². The zero-order chi connectivity index (χ0) is 19.5. The first-order valence-electron chi connectivity index (χ1n) is 8.48. The molecule has 2 aromatic heterocycles. The summed E-state index contributed by atoms with van der Waals surface area (Å²) in [6, 6.07) is 4.76. The third-order valence-corrected chi connectivity index (χ3v) is 6.51. The van der Waals surface area contributed by atoms with Crippen LogP contribution >= 0.6 is 0 Å². The number of hydrogen-bond donors (Lipinski definition) is 2. The van der Waals surface area contributed by atoms with Crippen LogP contribution in [0.2, 0.25) is 0 Å². The Morgan fingerprint density at radius 1 is 1.32 bits per heavy atom. The van der Waals surface area contributed by atoms with E-state index < -0.39 is 16.6 Å². The summed E-state index contributed by atoms with van der Waals surface area (Å²) in [5.74, 6) is 0.458. The van der Waals surface area contributed by atoms with E-state index in [2.05, 4.69) is 24.8 Å². The molecule has 1 aromatic carbocycles. The highest BCUT2D eigenvalue weighted by Crippen LogP contribution is 2.58. The lowest BCUT2D eigenvalue weighted by atomic mass is 9.79. The van der Waals surface area contributed by atoms with Gasteiger partial charge in [-0.05, 0) is 37.0 Å². The van der Waals surface area contributed by atoms with Gasteiger partial charge in [0.05, 0.1) is 6.20 Å². The van der Waals surface area contributed by atoms with Gasteiger partial charge in [0.25, 0.3) is 10.0 Å². The van der Waals surface area contributed by atoms with Crippen molar-refractivity contribution in [3.8, 4) is 17.1 Å². The van der Waals surface area contributed by atoms with E-state index in [4.69, 9.17) is 4.52 Å². The van der Waals surface area contributed by atoms with E-state index in [1.54, 1.807) is 6.07 Å². The first kappa shape index (κ1) is 17.2. The van der Waals surface area contributed by atoms with Gasteiger partial charge in [0.2, 0.25) is 0 Å². The summed E-state index contributed by atoms with van der Waals surface area (Å²) in [6.07, 6.45) is 4.80. The standard InChI is InChI=1S/C17H14F2N4O4S/c18-16(19)26-9-1-2-13-11(5-9)14-12(6-17(13)3-4-17)15(22-27-14)23-28(24,25)10-7-20-21-8-10/h1-2,5,7-8,16H,3-4,6H2,(H,20,21)(H,22,23). The summed E-state index contributed by atoms with van der Waals surface area (Å²) in [4.78, 5) is -0.0331. The Labute approximate surface area is 157 Å². The number of fused-ring (bicyclic) bond motifs is 4. The number of H-pyrrole nitrogens is 1. The van der Waals surface area contributed by atoms with Crippen LogP contribution in [0.5, 0.6) is 5.75 Å². The number of ether oxygens (including phenoxy) is 1. The Hall–Kier alpha value is -2.95. The first-order chi connectivity index (χ1) is 13.4. The van der Waals surface area contributed by atoms with Crippen LogP contribution in [0.15, 0.2) is 40.0 Å². The summed E-state index contributed by atoms with van der Waals surface area (Å²) in [6.45, 7) is -2.94. The van der Waals surface area contributed by atoms with Crippen LogP contribution in [0.1, 0.15) is 24.0 Å². The maximum absolute atomic E-state index is 12.6. The van der Waals surface area contributed by atoms with Crippen molar-refractivity contribution in [2.45, 2.75) is 36.2 Å². The van der Waals surface area contributed by atoms with E-state index in [-0.39, 0.29) is 21.9 Å². The lowest BCUT2D eigenvalue weighted by molar-refractivity contribution is -0.0498. The molecule has 1 fully saturated rings. The molecule has 2 aliphatic carbocycles. The number of nitrogens with zero attached hydrogens (tertiary/aromatic N) is 2. The second-order valence-corrected chi connectivity index (χ2v) is 8.60. The zero-order valence-corrected chi connectivity index (χ0v) is 15.1. The van der Waals surface area contributed by atoms with E-state index in [9.17, 15) is 17.2 Å². The highest BCUT2D eigenvalue weighted by atomic mass is 32.2. The van der Waals surface area contributed by atoms with Crippen molar-refractivity contribution in [1.29, 1.82) is 0 Å². The fraction of sp³-hybridized carbons (Fsp3) is 0.294. The molecule has 0 saturated heterocycles. The minimum Gasteiger partial charge on any atom is -0.435 e. The maximum atomic E-state index is 12.6. The molecule has 1 saturated carbocycles. The second-order valence-electron chi connectivity index (χ2n) is 6.92. The van der Waals surface area contributed by atoms with Gasteiger partial charge in [-0.3, -0.25) is 9.82 Å². The van der Waals surface area contributed by atoms with E-state index in [0.717, 1.165) is 18.4 Å². The Balaban J connectivity index is 1.57. The highest BCUT2D eigenvalue weighted by Gasteiger charge is 2.50. The third-order valence-electron chi connectivity index (χ3n) is 5.20.